The number of ether oxygens (including phenoxy) is 1. The van der Waals surface area contributed by atoms with Crippen LogP contribution in [0.25, 0.3) is 5.69 Å². The summed E-state index contributed by atoms with van der Waals surface area (Å²) in [6.07, 6.45) is 1.59. The number of anilines is 2. The van der Waals surface area contributed by atoms with Gasteiger partial charge < -0.3 is 25.0 Å². The highest BCUT2D eigenvalue weighted by Gasteiger charge is 2.20. The summed E-state index contributed by atoms with van der Waals surface area (Å²) in [5, 5.41) is 17.4. The summed E-state index contributed by atoms with van der Waals surface area (Å²) in [5.41, 5.74) is 2.89. The van der Waals surface area contributed by atoms with Gasteiger partial charge in [-0.2, -0.15) is 5.10 Å². The van der Waals surface area contributed by atoms with E-state index in [0.717, 1.165) is 49.0 Å². The first-order valence-corrected chi connectivity index (χ1v) is 13.5. The van der Waals surface area contributed by atoms with Gasteiger partial charge in [-0.25, -0.2) is 14.0 Å². The summed E-state index contributed by atoms with van der Waals surface area (Å²) in [5.74, 6) is 1.13. The molecular formula is C30H36N6O3. The number of aromatic nitrogens is 3. The highest BCUT2D eigenvalue weighted by atomic mass is 16.5. The summed E-state index contributed by atoms with van der Waals surface area (Å²) in [6, 6.07) is 25.1. The number of phenols is 1. The first-order valence-electron chi connectivity index (χ1n) is 13.5. The molecule has 39 heavy (non-hydrogen) atoms. The number of aromatic hydroxyl groups is 1. The van der Waals surface area contributed by atoms with Crippen molar-refractivity contribution in [3.8, 4) is 17.2 Å². The van der Waals surface area contributed by atoms with Gasteiger partial charge in [0.05, 0.1) is 11.7 Å². The van der Waals surface area contributed by atoms with Crippen molar-refractivity contribution in [3.63, 3.8) is 0 Å². The van der Waals surface area contributed by atoms with Crippen molar-refractivity contribution < 1.29 is 9.84 Å². The number of nitrogens with zero attached hydrogens (tertiary/aromatic N) is 5. The molecule has 4 aromatic rings. The molecule has 5 rings (SSSR count). The SMILES string of the molecule is C[C@@H](NCCOc1ccccc1)[C@H](C)n1ncn(-c2ccc(N3CCN(c4ccc(O)cc4)CC3)cc2)c1=O. The van der Waals surface area contributed by atoms with E-state index in [2.05, 4.69) is 39.3 Å². The zero-order chi connectivity index (χ0) is 27.2. The minimum absolute atomic E-state index is 0.0352. The predicted octanol–water partition coefficient (Wildman–Crippen LogP) is 3.68. The number of hydrogen-bond donors (Lipinski definition) is 2. The van der Waals surface area contributed by atoms with Crippen LogP contribution in [0.1, 0.15) is 19.9 Å². The summed E-state index contributed by atoms with van der Waals surface area (Å²) in [7, 11) is 0. The van der Waals surface area contributed by atoms with E-state index in [1.54, 1.807) is 23.0 Å². The molecular weight excluding hydrogens is 492 g/mol. The van der Waals surface area contributed by atoms with Crippen LogP contribution in [0.15, 0.2) is 90.0 Å². The average molecular weight is 529 g/mol. The topological polar surface area (TPSA) is 87.8 Å². The first-order chi connectivity index (χ1) is 19.0. The average Bonchev–Trinajstić information content (AvgIpc) is 3.37. The molecule has 204 valence electrons. The Morgan fingerprint density at radius 1 is 0.846 bits per heavy atom. The molecule has 2 N–H and O–H groups in total. The van der Waals surface area contributed by atoms with E-state index in [4.69, 9.17) is 4.74 Å². The van der Waals surface area contributed by atoms with Gasteiger partial charge in [0.25, 0.3) is 0 Å². The van der Waals surface area contributed by atoms with Gasteiger partial charge in [-0.1, -0.05) is 18.2 Å². The number of para-hydroxylation sites is 1. The van der Waals surface area contributed by atoms with Gasteiger partial charge in [-0.15, -0.1) is 0 Å². The molecule has 9 heteroatoms. The van der Waals surface area contributed by atoms with Gasteiger partial charge in [-0.3, -0.25) is 0 Å². The normalized spacial score (nSPS) is 15.2. The van der Waals surface area contributed by atoms with Crippen LogP contribution in [0, 0.1) is 0 Å². The van der Waals surface area contributed by atoms with E-state index >= 15 is 0 Å². The van der Waals surface area contributed by atoms with E-state index in [0.29, 0.717) is 13.2 Å². The molecule has 1 saturated heterocycles. The fourth-order valence-electron chi connectivity index (χ4n) is 4.84. The molecule has 0 aliphatic carbocycles. The monoisotopic (exact) mass is 528 g/mol. The van der Waals surface area contributed by atoms with Crippen molar-refractivity contribution in [2.75, 3.05) is 49.1 Å². The van der Waals surface area contributed by atoms with Gasteiger partial charge in [-0.05, 0) is 74.5 Å². The number of benzene rings is 3. The molecule has 1 aliphatic heterocycles. The van der Waals surface area contributed by atoms with Crippen molar-refractivity contribution in [2.45, 2.75) is 25.9 Å². The highest BCUT2D eigenvalue weighted by Crippen LogP contribution is 2.23. The molecule has 3 aromatic carbocycles. The number of nitrogens with one attached hydrogen (secondary N) is 1. The first kappa shape index (κ1) is 26.4. The summed E-state index contributed by atoms with van der Waals surface area (Å²) < 4.78 is 8.87. The molecule has 0 bridgehead atoms. The van der Waals surface area contributed by atoms with E-state index in [9.17, 15) is 9.90 Å². The van der Waals surface area contributed by atoms with E-state index in [1.807, 2.05) is 61.5 Å². The summed E-state index contributed by atoms with van der Waals surface area (Å²) in [4.78, 5) is 17.9. The zero-order valence-electron chi connectivity index (χ0n) is 22.5. The smallest absolute Gasteiger partial charge is 0.350 e. The molecule has 0 spiro atoms. The number of phenolic OH excluding ortho intramolecular Hbond substituents is 1. The third-order valence-corrected chi connectivity index (χ3v) is 7.37. The second-order valence-corrected chi connectivity index (χ2v) is 9.88. The molecule has 2 heterocycles. The Labute approximate surface area is 228 Å². The van der Waals surface area contributed by atoms with Crippen LogP contribution >= 0.6 is 0 Å². The molecule has 1 aromatic heterocycles. The second kappa shape index (κ2) is 12.1. The fourth-order valence-corrected chi connectivity index (χ4v) is 4.84. The molecule has 9 nitrogen and oxygen atoms in total. The lowest BCUT2D eigenvalue weighted by atomic mass is 10.2. The largest absolute Gasteiger partial charge is 0.508 e. The van der Waals surface area contributed by atoms with Crippen molar-refractivity contribution in [2.24, 2.45) is 0 Å². The molecule has 2 atom stereocenters. The van der Waals surface area contributed by atoms with Crippen LogP contribution in [0.2, 0.25) is 0 Å². The standard InChI is InChI=1S/C30H36N6O3/c1-23(31-16-21-39-29-6-4-3-5-7-29)24(2)36-30(38)35(22-32-36)27-10-8-25(9-11-27)33-17-19-34(20-18-33)26-12-14-28(37)15-13-26/h3-15,22-24,31,37H,16-21H2,1-2H3/t23-,24+/m1/s1. The van der Waals surface area contributed by atoms with Gasteiger partial charge in [0.1, 0.15) is 24.4 Å². The number of piperazine rings is 1. The Kier molecular flexibility index (Phi) is 8.17. The second-order valence-electron chi connectivity index (χ2n) is 9.88. The molecule has 0 radical (unpaired) electrons. The van der Waals surface area contributed by atoms with Crippen LogP contribution in [0.4, 0.5) is 11.4 Å². The number of rotatable bonds is 10. The quantitative estimate of drug-likeness (QED) is 0.304. The van der Waals surface area contributed by atoms with Crippen molar-refractivity contribution in [3.05, 3.63) is 95.7 Å². The predicted molar refractivity (Wildman–Crippen MR) is 154 cm³/mol. The van der Waals surface area contributed by atoms with Gasteiger partial charge in [0, 0.05) is 50.1 Å². The van der Waals surface area contributed by atoms with Crippen molar-refractivity contribution in [1.29, 1.82) is 0 Å². The minimum Gasteiger partial charge on any atom is -0.508 e. The maximum absolute atomic E-state index is 13.2. The van der Waals surface area contributed by atoms with Crippen molar-refractivity contribution >= 4 is 11.4 Å². The Morgan fingerprint density at radius 2 is 1.41 bits per heavy atom. The molecule has 0 saturated carbocycles. The third kappa shape index (κ3) is 6.26. The van der Waals surface area contributed by atoms with Crippen LogP contribution in [-0.4, -0.2) is 64.8 Å². The fraction of sp³-hybridized carbons (Fsp3) is 0.333. The maximum Gasteiger partial charge on any atom is 0.350 e. The van der Waals surface area contributed by atoms with Crippen molar-refractivity contribution in [1.82, 2.24) is 19.7 Å². The number of hydrogen-bond acceptors (Lipinski definition) is 7. The van der Waals surface area contributed by atoms with Gasteiger partial charge >= 0.3 is 5.69 Å². The molecule has 0 amide bonds. The Hall–Kier alpha value is -4.24. The van der Waals surface area contributed by atoms with E-state index < -0.39 is 0 Å². The molecule has 1 aliphatic rings. The lowest BCUT2D eigenvalue weighted by molar-refractivity contribution is 0.287. The molecule has 0 unspecified atom stereocenters. The van der Waals surface area contributed by atoms with Crippen LogP contribution < -0.4 is 25.5 Å². The van der Waals surface area contributed by atoms with Crippen LogP contribution in [0.5, 0.6) is 11.5 Å². The van der Waals surface area contributed by atoms with E-state index in [1.165, 1.54) is 4.68 Å². The summed E-state index contributed by atoms with van der Waals surface area (Å²) in [6.45, 7) is 8.86. The maximum atomic E-state index is 13.2. The Bertz CT molecular complexity index is 1380. The Morgan fingerprint density at radius 3 is 2.03 bits per heavy atom. The lowest BCUT2D eigenvalue weighted by Crippen LogP contribution is -2.46. The minimum atomic E-state index is -0.160. The Balaban J connectivity index is 1.15. The summed E-state index contributed by atoms with van der Waals surface area (Å²) >= 11 is 0. The highest BCUT2D eigenvalue weighted by molar-refractivity contribution is 5.54. The zero-order valence-corrected chi connectivity index (χ0v) is 22.5. The lowest BCUT2D eigenvalue weighted by Gasteiger charge is -2.37. The van der Waals surface area contributed by atoms with Gasteiger partial charge in [0.2, 0.25) is 0 Å². The van der Waals surface area contributed by atoms with Gasteiger partial charge in [0.15, 0.2) is 0 Å². The van der Waals surface area contributed by atoms with E-state index in [-0.39, 0.29) is 23.5 Å². The molecule has 1 fully saturated rings. The van der Waals surface area contributed by atoms with Crippen LogP contribution in [0.3, 0.4) is 0 Å². The third-order valence-electron chi connectivity index (χ3n) is 7.37. The van der Waals surface area contributed by atoms with Crippen LogP contribution in [-0.2, 0) is 0 Å².